The van der Waals surface area contributed by atoms with Crippen molar-refractivity contribution in [2.24, 2.45) is 0 Å². The number of rotatable bonds is 2. The van der Waals surface area contributed by atoms with Gasteiger partial charge in [-0.2, -0.15) is 0 Å². The molecule has 4 heterocycles. The van der Waals surface area contributed by atoms with Crippen LogP contribution in [0.5, 0.6) is 0 Å². The fourth-order valence-corrected chi connectivity index (χ4v) is 5.23. The van der Waals surface area contributed by atoms with Gasteiger partial charge in [0.15, 0.2) is 0 Å². The first kappa shape index (κ1) is 22.1. The van der Waals surface area contributed by atoms with Crippen molar-refractivity contribution in [1.29, 1.82) is 0 Å². The Kier molecular flexibility index (Phi) is 5.66. The smallest absolute Gasteiger partial charge is 0.290 e. The standard InChI is InChI=1S/C25H19N5O2.CH2O2/c31-23(17-6-3-9-20-21(17)28-13-12-27-20)30-14-10-25(22(30)16-5-4-11-26-15-16)18-7-1-2-8-19(18)29-24(25)32;2-1-3/h1-9,11-13,15,22H,10,14H2,(H,29,32);1H,(H,2,3). The Balaban J connectivity index is 0.000000806. The summed E-state index contributed by atoms with van der Waals surface area (Å²) in [5.74, 6) is -0.250. The number of carbonyl (C=O) groups is 3. The first-order valence-corrected chi connectivity index (χ1v) is 11.0. The van der Waals surface area contributed by atoms with Gasteiger partial charge in [0.05, 0.1) is 17.1 Å². The first-order chi connectivity index (χ1) is 17.1. The molecule has 6 rings (SSSR count). The highest BCUT2D eigenvalue weighted by molar-refractivity contribution is 6.09. The van der Waals surface area contributed by atoms with Crippen LogP contribution in [-0.2, 0) is 15.0 Å². The van der Waals surface area contributed by atoms with E-state index in [1.165, 1.54) is 0 Å². The molecule has 9 heteroatoms. The molecule has 1 spiro atoms. The number of carbonyl (C=O) groups excluding carboxylic acids is 2. The fourth-order valence-electron chi connectivity index (χ4n) is 5.23. The Bertz CT molecular complexity index is 1420. The van der Waals surface area contributed by atoms with Gasteiger partial charge in [0, 0.05) is 37.0 Å². The number of likely N-dealkylation sites (tertiary alicyclic amines) is 1. The molecule has 0 bridgehead atoms. The summed E-state index contributed by atoms with van der Waals surface area (Å²) in [6.07, 6.45) is 7.16. The van der Waals surface area contributed by atoms with Crippen molar-refractivity contribution in [3.8, 4) is 0 Å². The average Bonchev–Trinajstić information content (AvgIpc) is 3.43. The topological polar surface area (TPSA) is 125 Å². The summed E-state index contributed by atoms with van der Waals surface area (Å²) in [6.45, 7) is 0.191. The number of hydrogen-bond donors (Lipinski definition) is 2. The van der Waals surface area contributed by atoms with Gasteiger partial charge in [-0.15, -0.1) is 0 Å². The minimum absolute atomic E-state index is 0.0828. The van der Waals surface area contributed by atoms with Gasteiger partial charge >= 0.3 is 0 Å². The molecule has 0 radical (unpaired) electrons. The van der Waals surface area contributed by atoms with Crippen LogP contribution in [0.25, 0.3) is 11.0 Å². The van der Waals surface area contributed by atoms with E-state index in [-0.39, 0.29) is 18.3 Å². The number of carboxylic acid groups (broad SMARTS) is 1. The summed E-state index contributed by atoms with van der Waals surface area (Å²) in [5.41, 5.74) is 3.38. The second-order valence-electron chi connectivity index (χ2n) is 8.24. The summed E-state index contributed by atoms with van der Waals surface area (Å²) >= 11 is 0. The number of anilines is 1. The minimum atomic E-state index is -0.869. The third-order valence-corrected chi connectivity index (χ3v) is 6.58. The summed E-state index contributed by atoms with van der Waals surface area (Å²) in [5, 5.41) is 9.93. The lowest BCUT2D eigenvalue weighted by molar-refractivity contribution is -0.123. The Morgan fingerprint density at radius 1 is 1.06 bits per heavy atom. The van der Waals surface area contributed by atoms with Gasteiger partial charge < -0.3 is 15.3 Å². The molecule has 4 aromatic rings. The van der Waals surface area contributed by atoms with Gasteiger partial charge in [-0.1, -0.05) is 30.3 Å². The number of aromatic nitrogens is 3. The van der Waals surface area contributed by atoms with Crippen LogP contribution < -0.4 is 5.32 Å². The summed E-state index contributed by atoms with van der Waals surface area (Å²) in [4.78, 5) is 50.6. The van der Waals surface area contributed by atoms with E-state index in [0.717, 1.165) is 16.8 Å². The van der Waals surface area contributed by atoms with Crippen molar-refractivity contribution < 1.29 is 19.5 Å². The third kappa shape index (κ3) is 3.48. The molecule has 2 aliphatic rings. The Hall–Kier alpha value is -4.66. The molecule has 35 heavy (non-hydrogen) atoms. The molecule has 2 aromatic heterocycles. The largest absolute Gasteiger partial charge is 0.483 e. The predicted molar refractivity (Wildman–Crippen MR) is 128 cm³/mol. The number of fused-ring (bicyclic) bond motifs is 3. The fraction of sp³-hybridized carbons (Fsp3) is 0.154. The maximum Gasteiger partial charge on any atom is 0.290 e. The predicted octanol–water partition coefficient (Wildman–Crippen LogP) is 3.20. The molecule has 174 valence electrons. The van der Waals surface area contributed by atoms with Crippen molar-refractivity contribution in [3.05, 3.63) is 96.1 Å². The van der Waals surface area contributed by atoms with Crippen molar-refractivity contribution in [3.63, 3.8) is 0 Å². The van der Waals surface area contributed by atoms with Crippen LogP contribution in [0.3, 0.4) is 0 Å². The zero-order valence-electron chi connectivity index (χ0n) is 18.5. The number of nitrogens with one attached hydrogen (secondary N) is 1. The molecular weight excluding hydrogens is 446 g/mol. The molecule has 2 unspecified atom stereocenters. The number of pyridine rings is 1. The number of nitrogens with zero attached hydrogens (tertiary/aromatic N) is 4. The average molecular weight is 467 g/mol. The number of para-hydroxylation sites is 2. The van der Waals surface area contributed by atoms with Crippen LogP contribution in [0, 0.1) is 0 Å². The quantitative estimate of drug-likeness (QED) is 0.434. The van der Waals surface area contributed by atoms with Crippen molar-refractivity contribution in [2.45, 2.75) is 17.9 Å². The van der Waals surface area contributed by atoms with E-state index in [9.17, 15) is 9.59 Å². The van der Waals surface area contributed by atoms with Crippen molar-refractivity contribution in [2.75, 3.05) is 11.9 Å². The zero-order chi connectivity index (χ0) is 24.4. The molecule has 2 N–H and O–H groups in total. The summed E-state index contributed by atoms with van der Waals surface area (Å²) in [7, 11) is 0. The Morgan fingerprint density at radius 2 is 1.86 bits per heavy atom. The molecule has 2 atom stereocenters. The van der Waals surface area contributed by atoms with E-state index >= 15 is 0 Å². The molecule has 1 saturated heterocycles. The molecular formula is C26H21N5O4. The van der Waals surface area contributed by atoms with Crippen LogP contribution in [0.2, 0.25) is 0 Å². The summed E-state index contributed by atoms with van der Waals surface area (Å²) < 4.78 is 0. The maximum absolute atomic E-state index is 13.9. The second-order valence-corrected chi connectivity index (χ2v) is 8.24. The second kappa shape index (κ2) is 8.94. The Morgan fingerprint density at radius 3 is 2.66 bits per heavy atom. The maximum atomic E-state index is 13.9. The molecule has 0 aliphatic carbocycles. The van der Waals surface area contributed by atoms with Gasteiger partial charge in [0.2, 0.25) is 5.91 Å². The molecule has 0 saturated carbocycles. The zero-order valence-corrected chi connectivity index (χ0v) is 18.5. The number of hydrogen-bond acceptors (Lipinski definition) is 6. The van der Waals surface area contributed by atoms with E-state index in [1.54, 1.807) is 35.8 Å². The molecule has 2 amide bonds. The molecule has 2 aliphatic heterocycles. The monoisotopic (exact) mass is 467 g/mol. The highest BCUT2D eigenvalue weighted by atomic mass is 16.3. The van der Waals surface area contributed by atoms with Gasteiger partial charge in [-0.25, -0.2) is 0 Å². The van der Waals surface area contributed by atoms with Gasteiger partial charge in [-0.05, 0) is 41.8 Å². The van der Waals surface area contributed by atoms with E-state index in [2.05, 4.69) is 20.3 Å². The van der Waals surface area contributed by atoms with E-state index in [1.807, 2.05) is 48.5 Å². The van der Waals surface area contributed by atoms with E-state index in [0.29, 0.717) is 29.6 Å². The number of amides is 2. The molecule has 9 nitrogen and oxygen atoms in total. The van der Waals surface area contributed by atoms with Gasteiger partial charge in [0.25, 0.3) is 12.4 Å². The molecule has 1 fully saturated rings. The van der Waals surface area contributed by atoms with Gasteiger partial charge in [-0.3, -0.25) is 29.3 Å². The van der Waals surface area contributed by atoms with Gasteiger partial charge in [0.1, 0.15) is 10.9 Å². The lowest BCUT2D eigenvalue weighted by Crippen LogP contribution is -2.42. The van der Waals surface area contributed by atoms with Crippen molar-refractivity contribution in [1.82, 2.24) is 19.9 Å². The van der Waals surface area contributed by atoms with Crippen LogP contribution in [0.1, 0.15) is 33.9 Å². The molecule has 2 aromatic carbocycles. The normalized spacial score (nSPS) is 20.2. The van der Waals surface area contributed by atoms with Crippen LogP contribution in [0.15, 0.2) is 79.4 Å². The minimum Gasteiger partial charge on any atom is -0.483 e. The van der Waals surface area contributed by atoms with Crippen LogP contribution in [0.4, 0.5) is 5.69 Å². The highest BCUT2D eigenvalue weighted by Gasteiger charge is 2.59. The van der Waals surface area contributed by atoms with E-state index < -0.39 is 11.5 Å². The first-order valence-electron chi connectivity index (χ1n) is 11.0. The van der Waals surface area contributed by atoms with Crippen LogP contribution >= 0.6 is 0 Å². The van der Waals surface area contributed by atoms with Crippen molar-refractivity contribution >= 4 is 35.0 Å². The number of benzene rings is 2. The van der Waals surface area contributed by atoms with Crippen LogP contribution in [-0.4, -0.2) is 49.8 Å². The third-order valence-electron chi connectivity index (χ3n) is 6.58. The summed E-state index contributed by atoms with van der Waals surface area (Å²) in [6, 6.07) is 16.4. The SMILES string of the molecule is O=C(c1cccc2nccnc12)N1CCC2(C(=O)Nc3ccccc32)C1c1cccnc1.O=CO. The Labute approximate surface area is 200 Å². The highest BCUT2D eigenvalue weighted by Crippen LogP contribution is 2.54. The van der Waals surface area contributed by atoms with E-state index in [4.69, 9.17) is 9.90 Å². The lowest BCUT2D eigenvalue weighted by atomic mass is 9.73. The lowest BCUT2D eigenvalue weighted by Gasteiger charge is -2.34.